The molecule has 0 spiro atoms. The van der Waals surface area contributed by atoms with Gasteiger partial charge >= 0.3 is 5.97 Å². The largest absolute Gasteiger partial charge is 0.469 e. The van der Waals surface area contributed by atoms with E-state index in [1.165, 1.54) is 18.4 Å². The van der Waals surface area contributed by atoms with E-state index >= 15 is 0 Å². The Hall–Kier alpha value is -2.93. The van der Waals surface area contributed by atoms with Crippen LogP contribution in [0.25, 0.3) is 10.8 Å². The van der Waals surface area contributed by atoms with Gasteiger partial charge in [-0.1, -0.05) is 30.3 Å². The second-order valence-corrected chi connectivity index (χ2v) is 7.32. The summed E-state index contributed by atoms with van der Waals surface area (Å²) in [7, 11) is 1.34. The molecule has 0 aliphatic carbocycles. The predicted molar refractivity (Wildman–Crippen MR) is 107 cm³/mol. The molecule has 1 amide bonds. The first kappa shape index (κ1) is 19.8. The van der Waals surface area contributed by atoms with Gasteiger partial charge in [0.2, 0.25) is 5.91 Å². The molecular weight excluding hydrogens is 376 g/mol. The molecule has 28 heavy (non-hydrogen) atoms. The van der Waals surface area contributed by atoms with Crippen molar-refractivity contribution < 1.29 is 18.7 Å². The molecule has 1 atom stereocenters. The zero-order valence-corrected chi connectivity index (χ0v) is 16.6. The molecule has 3 aromatic rings. The molecule has 0 radical (unpaired) electrons. The van der Waals surface area contributed by atoms with E-state index in [2.05, 4.69) is 10.3 Å². The van der Waals surface area contributed by atoms with Crippen molar-refractivity contribution in [2.75, 3.05) is 7.11 Å². The van der Waals surface area contributed by atoms with E-state index in [9.17, 15) is 9.59 Å². The Morgan fingerprint density at radius 2 is 2.00 bits per heavy atom. The van der Waals surface area contributed by atoms with E-state index < -0.39 is 0 Å². The number of nitrogens with one attached hydrogen (secondary N) is 1. The van der Waals surface area contributed by atoms with Gasteiger partial charge in [-0.2, -0.15) is 0 Å². The smallest absolute Gasteiger partial charge is 0.307 e. The topological polar surface area (TPSA) is 81.4 Å². The van der Waals surface area contributed by atoms with Crippen molar-refractivity contribution in [1.82, 2.24) is 10.3 Å². The molecule has 0 aliphatic rings. The van der Waals surface area contributed by atoms with Crippen molar-refractivity contribution in [3.63, 3.8) is 0 Å². The first-order valence-electron chi connectivity index (χ1n) is 8.95. The third kappa shape index (κ3) is 5.53. The molecule has 0 bridgehead atoms. The Bertz CT molecular complexity index is 933. The number of nitrogens with zero attached hydrogens (tertiary/aromatic N) is 1. The monoisotopic (exact) mass is 398 g/mol. The minimum Gasteiger partial charge on any atom is -0.469 e. The number of thiazole rings is 1. The lowest BCUT2D eigenvalue weighted by atomic mass is 10.0. The van der Waals surface area contributed by atoms with Crippen molar-refractivity contribution in [2.24, 2.45) is 0 Å². The number of carbonyl (C=O) groups excluding carboxylic acids is 2. The summed E-state index contributed by atoms with van der Waals surface area (Å²) in [5.41, 5.74) is 1.71. The molecule has 3 rings (SSSR count). The number of hydrogen-bond acceptors (Lipinski definition) is 6. The summed E-state index contributed by atoms with van der Waals surface area (Å²) in [4.78, 5) is 28.7. The lowest BCUT2D eigenvalue weighted by Gasteiger charge is -2.17. The molecular formula is C21H22N2O4S. The number of esters is 1. The molecule has 1 aromatic carbocycles. The predicted octanol–water partition coefficient (Wildman–Crippen LogP) is 3.54. The van der Waals surface area contributed by atoms with Gasteiger partial charge in [0.15, 0.2) is 10.8 Å². The van der Waals surface area contributed by atoms with Gasteiger partial charge in [0, 0.05) is 11.4 Å². The van der Waals surface area contributed by atoms with Crippen LogP contribution in [0.1, 0.15) is 23.4 Å². The number of ether oxygens (including phenoxy) is 1. The zero-order chi connectivity index (χ0) is 19.9. The number of aromatic nitrogens is 1. The standard InChI is InChI=1S/C21H22N2O4S/c1-14-8-9-18(27-14)21-23-17(13-28-21)11-19(24)22-16(12-20(25)26-2)10-15-6-4-3-5-7-15/h3-9,13,16H,10-12H2,1-2H3,(H,22,24). The van der Waals surface area contributed by atoms with Gasteiger partial charge in [0.25, 0.3) is 0 Å². The van der Waals surface area contributed by atoms with Crippen LogP contribution in [-0.2, 0) is 27.2 Å². The SMILES string of the molecule is COC(=O)CC(Cc1ccccc1)NC(=O)Cc1csc(-c2ccc(C)o2)n1. The number of methoxy groups -OCH3 is 1. The van der Waals surface area contributed by atoms with Crippen LogP contribution in [0.2, 0.25) is 0 Å². The second kappa shape index (κ2) is 9.32. The number of rotatable bonds is 8. The molecule has 6 nitrogen and oxygen atoms in total. The van der Waals surface area contributed by atoms with E-state index in [4.69, 9.17) is 9.15 Å². The highest BCUT2D eigenvalue weighted by Crippen LogP contribution is 2.25. The third-order valence-corrected chi connectivity index (χ3v) is 5.08. The van der Waals surface area contributed by atoms with Crippen molar-refractivity contribution >= 4 is 23.2 Å². The first-order chi connectivity index (χ1) is 13.5. The van der Waals surface area contributed by atoms with Crippen LogP contribution in [0.4, 0.5) is 0 Å². The van der Waals surface area contributed by atoms with E-state index in [1.807, 2.05) is 54.8 Å². The van der Waals surface area contributed by atoms with Crippen LogP contribution < -0.4 is 5.32 Å². The highest BCUT2D eigenvalue weighted by molar-refractivity contribution is 7.13. The van der Waals surface area contributed by atoms with E-state index in [0.717, 1.165) is 16.3 Å². The maximum atomic E-state index is 12.5. The highest BCUT2D eigenvalue weighted by Gasteiger charge is 2.19. The van der Waals surface area contributed by atoms with E-state index in [-0.39, 0.29) is 30.8 Å². The van der Waals surface area contributed by atoms with Gasteiger partial charge in [-0.3, -0.25) is 9.59 Å². The first-order valence-corrected chi connectivity index (χ1v) is 9.82. The lowest BCUT2D eigenvalue weighted by Crippen LogP contribution is -2.39. The molecule has 0 fully saturated rings. The fourth-order valence-electron chi connectivity index (χ4n) is 2.85. The summed E-state index contributed by atoms with van der Waals surface area (Å²) in [6.45, 7) is 1.87. The van der Waals surface area contributed by atoms with Crippen molar-refractivity contribution in [3.8, 4) is 10.8 Å². The Balaban J connectivity index is 1.62. The van der Waals surface area contributed by atoms with Crippen molar-refractivity contribution in [2.45, 2.75) is 32.2 Å². The Labute approximate surface area is 167 Å². The van der Waals surface area contributed by atoms with Crippen LogP contribution in [0.3, 0.4) is 0 Å². The third-order valence-electron chi connectivity index (χ3n) is 4.18. The van der Waals surface area contributed by atoms with Gasteiger partial charge in [-0.15, -0.1) is 11.3 Å². The van der Waals surface area contributed by atoms with Crippen molar-refractivity contribution in [1.29, 1.82) is 0 Å². The van der Waals surface area contributed by atoms with Crippen LogP contribution in [0.5, 0.6) is 0 Å². The van der Waals surface area contributed by atoms with Crippen molar-refractivity contribution in [3.05, 3.63) is 64.9 Å². The average Bonchev–Trinajstić information content (AvgIpc) is 3.31. The van der Waals surface area contributed by atoms with E-state index in [1.54, 1.807) is 0 Å². The quantitative estimate of drug-likeness (QED) is 0.587. The molecule has 0 aliphatic heterocycles. The maximum absolute atomic E-state index is 12.5. The highest BCUT2D eigenvalue weighted by atomic mass is 32.1. The minimum absolute atomic E-state index is 0.116. The maximum Gasteiger partial charge on any atom is 0.307 e. The number of hydrogen-bond donors (Lipinski definition) is 1. The Morgan fingerprint density at radius 1 is 1.21 bits per heavy atom. The molecule has 1 unspecified atom stereocenters. The van der Waals surface area contributed by atoms with Crippen LogP contribution in [0.15, 0.2) is 52.3 Å². The van der Waals surface area contributed by atoms with E-state index in [0.29, 0.717) is 17.9 Å². The fourth-order valence-corrected chi connectivity index (χ4v) is 3.63. The van der Waals surface area contributed by atoms with Crippen LogP contribution in [-0.4, -0.2) is 30.0 Å². The number of aryl methyl sites for hydroxylation is 1. The summed E-state index contributed by atoms with van der Waals surface area (Å²) in [6.07, 6.45) is 0.809. The molecule has 2 heterocycles. The summed E-state index contributed by atoms with van der Waals surface area (Å²) in [5.74, 6) is 0.973. The normalized spacial score (nSPS) is 11.8. The summed E-state index contributed by atoms with van der Waals surface area (Å²) < 4.78 is 10.3. The van der Waals surface area contributed by atoms with Gasteiger partial charge in [-0.25, -0.2) is 4.98 Å². The molecule has 2 aromatic heterocycles. The number of carbonyl (C=O) groups is 2. The van der Waals surface area contributed by atoms with Crippen LogP contribution in [0, 0.1) is 6.92 Å². The molecule has 0 saturated carbocycles. The number of amides is 1. The summed E-state index contributed by atoms with van der Waals surface area (Å²) in [5, 5.41) is 5.52. The Morgan fingerprint density at radius 3 is 2.68 bits per heavy atom. The average molecular weight is 398 g/mol. The number of benzene rings is 1. The number of furan rings is 1. The van der Waals surface area contributed by atoms with Gasteiger partial charge in [0.1, 0.15) is 5.76 Å². The summed E-state index contributed by atoms with van der Waals surface area (Å²) in [6, 6.07) is 13.1. The minimum atomic E-state index is -0.356. The molecule has 1 N–H and O–H groups in total. The zero-order valence-electron chi connectivity index (χ0n) is 15.8. The van der Waals surface area contributed by atoms with Gasteiger partial charge in [-0.05, 0) is 31.0 Å². The molecule has 0 saturated heterocycles. The lowest BCUT2D eigenvalue weighted by molar-refractivity contribution is -0.141. The van der Waals surface area contributed by atoms with Crippen LogP contribution >= 0.6 is 11.3 Å². The second-order valence-electron chi connectivity index (χ2n) is 6.47. The summed E-state index contributed by atoms with van der Waals surface area (Å²) >= 11 is 1.43. The fraction of sp³-hybridized carbons (Fsp3) is 0.286. The molecule has 146 valence electrons. The van der Waals surface area contributed by atoms with Gasteiger partial charge in [0.05, 0.1) is 25.6 Å². The molecule has 7 heteroatoms. The Kier molecular flexibility index (Phi) is 6.60. The van der Waals surface area contributed by atoms with Gasteiger partial charge < -0.3 is 14.5 Å².